The van der Waals surface area contributed by atoms with Crippen molar-refractivity contribution in [3.63, 3.8) is 0 Å². The molecule has 1 aliphatic rings. The normalized spacial score (nSPS) is 19.5. The van der Waals surface area contributed by atoms with Crippen molar-refractivity contribution in [1.82, 2.24) is 4.90 Å². The highest BCUT2D eigenvalue weighted by atomic mass is 35.5. The minimum Gasteiger partial charge on any atom is -0.447 e. The van der Waals surface area contributed by atoms with E-state index in [2.05, 4.69) is 0 Å². The molecule has 1 atom stereocenters. The van der Waals surface area contributed by atoms with Crippen LogP contribution < -0.4 is 0 Å². The van der Waals surface area contributed by atoms with Crippen LogP contribution in [0.4, 0.5) is 4.79 Å². The third-order valence-corrected chi connectivity index (χ3v) is 3.02. The van der Waals surface area contributed by atoms with E-state index < -0.39 is 0 Å². The Morgan fingerprint density at radius 3 is 2.82 bits per heavy atom. The zero-order valence-electron chi connectivity index (χ0n) is 9.56. The van der Waals surface area contributed by atoms with Crippen LogP contribution in [0.2, 0.25) is 5.02 Å². The number of hydrogen-bond donors (Lipinski definition) is 0. The highest BCUT2D eigenvalue weighted by Gasteiger charge is 2.33. The minimum atomic E-state index is -0.290. The number of halogens is 1. The van der Waals surface area contributed by atoms with Crippen LogP contribution in [0.5, 0.6) is 0 Å². The van der Waals surface area contributed by atoms with Crippen LogP contribution in [0.25, 0.3) is 0 Å². The van der Waals surface area contributed by atoms with Crippen LogP contribution in [0, 0.1) is 0 Å². The molecule has 2 rings (SSSR count). The summed E-state index contributed by atoms with van der Waals surface area (Å²) in [4.78, 5) is 13.2. The van der Waals surface area contributed by atoms with E-state index >= 15 is 0 Å². The summed E-state index contributed by atoms with van der Waals surface area (Å²) in [6, 6.07) is 7.40. The summed E-state index contributed by atoms with van der Waals surface area (Å²) in [5.74, 6) is 0. The number of nitrogens with zero attached hydrogens (tertiary/aromatic N) is 1. The predicted octanol–water partition coefficient (Wildman–Crippen LogP) is 2.48. The first-order valence-corrected chi connectivity index (χ1v) is 5.78. The molecule has 17 heavy (non-hydrogen) atoms. The molecular formula is C12H14ClNO3. The maximum Gasteiger partial charge on any atom is 0.410 e. The third-order valence-electron chi connectivity index (χ3n) is 2.77. The quantitative estimate of drug-likeness (QED) is 0.830. The van der Waals surface area contributed by atoms with Gasteiger partial charge in [-0.25, -0.2) is 4.79 Å². The topological polar surface area (TPSA) is 38.8 Å². The molecule has 0 aromatic heterocycles. The third kappa shape index (κ3) is 2.70. The van der Waals surface area contributed by atoms with E-state index in [1.165, 1.54) is 0 Å². The molecule has 0 spiro atoms. The van der Waals surface area contributed by atoms with Gasteiger partial charge in [0.05, 0.1) is 12.6 Å². The van der Waals surface area contributed by atoms with Crippen LogP contribution in [-0.2, 0) is 9.47 Å². The lowest BCUT2D eigenvalue weighted by Crippen LogP contribution is -2.30. The molecule has 1 amide bonds. The fourth-order valence-electron chi connectivity index (χ4n) is 1.85. The Kier molecular flexibility index (Phi) is 3.86. The second-order valence-electron chi connectivity index (χ2n) is 3.83. The van der Waals surface area contributed by atoms with Crippen molar-refractivity contribution in [1.29, 1.82) is 0 Å². The van der Waals surface area contributed by atoms with E-state index in [9.17, 15) is 4.79 Å². The molecule has 1 aliphatic heterocycles. The fourth-order valence-corrected chi connectivity index (χ4v) is 1.97. The summed E-state index contributed by atoms with van der Waals surface area (Å²) in [6.45, 7) is 1.41. The van der Waals surface area contributed by atoms with Crippen LogP contribution in [0.15, 0.2) is 24.3 Å². The summed E-state index contributed by atoms with van der Waals surface area (Å²) < 4.78 is 10.0. The van der Waals surface area contributed by atoms with E-state index in [-0.39, 0.29) is 12.1 Å². The number of methoxy groups -OCH3 is 1. The first kappa shape index (κ1) is 12.2. The molecule has 1 aromatic carbocycles. The van der Waals surface area contributed by atoms with Crippen LogP contribution >= 0.6 is 11.6 Å². The zero-order chi connectivity index (χ0) is 12.3. The molecule has 0 bridgehead atoms. The Balaban J connectivity index is 2.13. The number of carbonyl (C=O) groups excluding carboxylic acids is 1. The monoisotopic (exact) mass is 255 g/mol. The van der Waals surface area contributed by atoms with Gasteiger partial charge in [0.2, 0.25) is 0 Å². The van der Waals surface area contributed by atoms with Gasteiger partial charge in [0.25, 0.3) is 0 Å². The Hall–Kier alpha value is -1.26. The number of rotatable bonds is 4. The van der Waals surface area contributed by atoms with Crippen molar-refractivity contribution in [2.24, 2.45) is 0 Å². The Labute approximate surface area is 105 Å². The Morgan fingerprint density at radius 1 is 1.47 bits per heavy atom. The molecule has 4 nitrogen and oxygen atoms in total. The SMILES string of the molecule is COCCN1C(=O)OC[C@H]1c1ccc(Cl)cc1. The second kappa shape index (κ2) is 5.38. The summed E-state index contributed by atoms with van der Waals surface area (Å²) >= 11 is 5.84. The van der Waals surface area contributed by atoms with Crippen LogP contribution in [-0.4, -0.2) is 37.9 Å². The largest absolute Gasteiger partial charge is 0.447 e. The number of ether oxygens (including phenoxy) is 2. The lowest BCUT2D eigenvalue weighted by molar-refractivity contribution is 0.134. The summed E-state index contributed by atoms with van der Waals surface area (Å²) in [7, 11) is 1.61. The Bertz CT molecular complexity index is 393. The van der Waals surface area contributed by atoms with Crippen molar-refractivity contribution >= 4 is 17.7 Å². The summed E-state index contributed by atoms with van der Waals surface area (Å²) in [6.07, 6.45) is -0.290. The van der Waals surface area contributed by atoms with E-state index in [1.54, 1.807) is 12.0 Å². The maximum absolute atomic E-state index is 11.6. The van der Waals surface area contributed by atoms with Crippen molar-refractivity contribution in [2.45, 2.75) is 6.04 Å². The summed E-state index contributed by atoms with van der Waals surface area (Å²) in [5, 5.41) is 0.683. The van der Waals surface area contributed by atoms with Crippen LogP contribution in [0.3, 0.4) is 0 Å². The Morgan fingerprint density at radius 2 is 2.18 bits per heavy atom. The van der Waals surface area contributed by atoms with Crippen molar-refractivity contribution in [3.8, 4) is 0 Å². The standard InChI is InChI=1S/C12H14ClNO3/c1-16-7-6-14-11(8-17-12(14)15)9-2-4-10(13)5-3-9/h2-5,11H,6-8H2,1H3/t11-/m0/s1. The average molecular weight is 256 g/mol. The molecule has 0 aliphatic carbocycles. The molecule has 1 fully saturated rings. The molecule has 0 N–H and O–H groups in total. The molecule has 5 heteroatoms. The van der Waals surface area contributed by atoms with Crippen molar-refractivity contribution in [3.05, 3.63) is 34.9 Å². The van der Waals surface area contributed by atoms with E-state index in [0.29, 0.717) is 24.8 Å². The highest BCUT2D eigenvalue weighted by Crippen LogP contribution is 2.28. The second-order valence-corrected chi connectivity index (χ2v) is 4.27. The van der Waals surface area contributed by atoms with Crippen molar-refractivity contribution in [2.75, 3.05) is 26.9 Å². The lowest BCUT2D eigenvalue weighted by atomic mass is 10.1. The first-order valence-electron chi connectivity index (χ1n) is 5.40. The van der Waals surface area contributed by atoms with E-state index in [1.807, 2.05) is 24.3 Å². The average Bonchev–Trinajstić information content (AvgIpc) is 2.69. The van der Waals surface area contributed by atoms with Crippen molar-refractivity contribution < 1.29 is 14.3 Å². The molecule has 92 valence electrons. The smallest absolute Gasteiger partial charge is 0.410 e. The zero-order valence-corrected chi connectivity index (χ0v) is 10.3. The molecule has 1 saturated heterocycles. The molecule has 0 radical (unpaired) electrons. The van der Waals surface area contributed by atoms with Gasteiger partial charge in [0.1, 0.15) is 6.61 Å². The minimum absolute atomic E-state index is 0.0464. The highest BCUT2D eigenvalue weighted by molar-refractivity contribution is 6.30. The number of amides is 1. The molecule has 1 aromatic rings. The van der Waals surface area contributed by atoms with Gasteiger partial charge in [-0.2, -0.15) is 0 Å². The summed E-state index contributed by atoms with van der Waals surface area (Å²) in [5.41, 5.74) is 1.02. The van der Waals surface area contributed by atoms with E-state index in [4.69, 9.17) is 21.1 Å². The van der Waals surface area contributed by atoms with Gasteiger partial charge in [0.15, 0.2) is 0 Å². The number of hydrogen-bond acceptors (Lipinski definition) is 3. The van der Waals surface area contributed by atoms with Gasteiger partial charge in [0, 0.05) is 18.7 Å². The molecular weight excluding hydrogens is 242 g/mol. The maximum atomic E-state index is 11.6. The van der Waals surface area contributed by atoms with Gasteiger partial charge < -0.3 is 9.47 Å². The predicted molar refractivity (Wildman–Crippen MR) is 64.1 cm³/mol. The number of carbonyl (C=O) groups is 1. The van der Waals surface area contributed by atoms with Gasteiger partial charge in [-0.15, -0.1) is 0 Å². The molecule has 1 heterocycles. The van der Waals surface area contributed by atoms with Gasteiger partial charge in [-0.05, 0) is 17.7 Å². The van der Waals surface area contributed by atoms with Crippen LogP contribution in [0.1, 0.15) is 11.6 Å². The van der Waals surface area contributed by atoms with Gasteiger partial charge >= 0.3 is 6.09 Å². The van der Waals surface area contributed by atoms with Gasteiger partial charge in [-0.3, -0.25) is 4.90 Å². The van der Waals surface area contributed by atoms with E-state index in [0.717, 1.165) is 5.56 Å². The lowest BCUT2D eigenvalue weighted by Gasteiger charge is -2.21. The number of benzene rings is 1. The first-order chi connectivity index (χ1) is 8.22. The van der Waals surface area contributed by atoms with Gasteiger partial charge in [-0.1, -0.05) is 23.7 Å². The number of cyclic esters (lactones) is 1. The molecule has 0 saturated carbocycles. The fraction of sp³-hybridized carbons (Fsp3) is 0.417. The molecule has 0 unspecified atom stereocenters.